The second kappa shape index (κ2) is 52.5. The molecule has 0 saturated heterocycles. The van der Waals surface area contributed by atoms with E-state index in [4.69, 9.17) is 14.2 Å². The summed E-state index contributed by atoms with van der Waals surface area (Å²) < 4.78 is 16.8. The van der Waals surface area contributed by atoms with Crippen molar-refractivity contribution >= 4 is 17.9 Å². The van der Waals surface area contributed by atoms with Crippen molar-refractivity contribution in [1.29, 1.82) is 0 Å². The van der Waals surface area contributed by atoms with Crippen LogP contribution in [0.3, 0.4) is 0 Å². The van der Waals surface area contributed by atoms with E-state index in [9.17, 15) is 14.4 Å². The molecule has 0 aromatic carbocycles. The maximum absolute atomic E-state index is 12.8. The summed E-state index contributed by atoms with van der Waals surface area (Å²) in [5.41, 5.74) is 0. The van der Waals surface area contributed by atoms with Gasteiger partial charge in [-0.05, 0) is 109 Å². The molecule has 368 valence electrons. The Morgan fingerprint density at radius 3 is 1.00 bits per heavy atom. The van der Waals surface area contributed by atoms with Crippen LogP contribution in [-0.4, -0.2) is 37.2 Å². The molecule has 0 N–H and O–H groups in total. The van der Waals surface area contributed by atoms with Gasteiger partial charge in [-0.1, -0.05) is 203 Å². The molecule has 0 amide bonds. The highest BCUT2D eigenvalue weighted by Gasteiger charge is 2.19. The average molecular weight is 893 g/mol. The van der Waals surface area contributed by atoms with Crippen molar-refractivity contribution in [2.75, 3.05) is 13.2 Å². The quantitative estimate of drug-likeness (QED) is 0.0262. The SMILES string of the molecule is CC/C=C\C/C=C\C/C=C\C/C=C\CCCCC(=O)OC(COC(=O)CCCCCCC/C=C\CCCCCCC)COC(=O)CCCCCCCCC/C=C\CCCCCCCC. The Kier molecular flexibility index (Phi) is 49.9. The van der Waals surface area contributed by atoms with Crippen molar-refractivity contribution in [3.05, 3.63) is 72.9 Å². The number of carbonyl (C=O) groups is 3. The van der Waals surface area contributed by atoms with Crippen LogP contribution in [0, 0.1) is 0 Å². The van der Waals surface area contributed by atoms with Crippen molar-refractivity contribution in [2.24, 2.45) is 0 Å². The van der Waals surface area contributed by atoms with E-state index in [0.717, 1.165) is 83.5 Å². The predicted octanol–water partition coefficient (Wildman–Crippen LogP) is 17.8. The minimum absolute atomic E-state index is 0.0967. The van der Waals surface area contributed by atoms with Crippen LogP contribution >= 0.6 is 0 Å². The lowest BCUT2D eigenvalue weighted by Gasteiger charge is -2.18. The lowest BCUT2D eigenvalue weighted by molar-refractivity contribution is -0.167. The van der Waals surface area contributed by atoms with Gasteiger partial charge in [0.25, 0.3) is 0 Å². The fraction of sp³-hybridized carbons (Fsp3) is 0.741. The van der Waals surface area contributed by atoms with Gasteiger partial charge in [-0.25, -0.2) is 0 Å². The minimum atomic E-state index is -0.801. The van der Waals surface area contributed by atoms with E-state index in [1.165, 1.54) is 128 Å². The third-order valence-corrected chi connectivity index (χ3v) is 11.4. The number of carbonyl (C=O) groups excluding carboxylic acids is 3. The van der Waals surface area contributed by atoms with Crippen LogP contribution in [0.1, 0.15) is 258 Å². The summed E-state index contributed by atoms with van der Waals surface area (Å²) in [5.74, 6) is -0.948. The van der Waals surface area contributed by atoms with Crippen LogP contribution in [0.2, 0.25) is 0 Å². The molecule has 0 radical (unpaired) electrons. The number of unbranched alkanes of at least 4 members (excludes halogenated alkanes) is 25. The van der Waals surface area contributed by atoms with E-state index in [1.54, 1.807) is 0 Å². The fourth-order valence-corrected chi connectivity index (χ4v) is 7.36. The first-order valence-electron chi connectivity index (χ1n) is 26.9. The molecule has 0 aromatic rings. The van der Waals surface area contributed by atoms with Crippen LogP contribution in [0.5, 0.6) is 0 Å². The second-order valence-corrected chi connectivity index (χ2v) is 17.7. The number of hydrogen-bond donors (Lipinski definition) is 0. The summed E-state index contributed by atoms with van der Waals surface area (Å²) in [6.45, 7) is 6.47. The summed E-state index contributed by atoms with van der Waals surface area (Å²) >= 11 is 0. The number of rotatable bonds is 48. The van der Waals surface area contributed by atoms with Crippen LogP contribution in [0.25, 0.3) is 0 Å². The fourth-order valence-electron chi connectivity index (χ4n) is 7.36. The lowest BCUT2D eigenvalue weighted by atomic mass is 10.1. The van der Waals surface area contributed by atoms with Gasteiger partial charge in [-0.2, -0.15) is 0 Å². The molecule has 1 atom stereocenters. The van der Waals surface area contributed by atoms with E-state index in [2.05, 4.69) is 93.7 Å². The normalized spacial score (nSPS) is 12.6. The third kappa shape index (κ3) is 49.9. The summed E-state index contributed by atoms with van der Waals surface area (Å²) in [7, 11) is 0. The summed E-state index contributed by atoms with van der Waals surface area (Å²) in [6.07, 6.45) is 66.0. The molecule has 64 heavy (non-hydrogen) atoms. The molecule has 0 aliphatic carbocycles. The molecule has 0 aliphatic rings. The van der Waals surface area contributed by atoms with Crippen LogP contribution in [-0.2, 0) is 28.6 Å². The number of esters is 3. The van der Waals surface area contributed by atoms with Crippen molar-refractivity contribution in [3.8, 4) is 0 Å². The molecule has 6 nitrogen and oxygen atoms in total. The summed E-state index contributed by atoms with van der Waals surface area (Å²) in [6, 6.07) is 0. The van der Waals surface area contributed by atoms with Crippen LogP contribution in [0.4, 0.5) is 0 Å². The molecule has 0 aromatic heterocycles. The third-order valence-electron chi connectivity index (χ3n) is 11.4. The Labute approximate surface area is 395 Å². The maximum atomic E-state index is 12.8. The predicted molar refractivity (Wildman–Crippen MR) is 274 cm³/mol. The van der Waals surface area contributed by atoms with Crippen molar-refractivity contribution < 1.29 is 28.6 Å². The van der Waals surface area contributed by atoms with Crippen molar-refractivity contribution in [2.45, 2.75) is 264 Å². The highest BCUT2D eigenvalue weighted by molar-refractivity contribution is 5.71. The Balaban J connectivity index is 4.45. The van der Waals surface area contributed by atoms with Gasteiger partial charge >= 0.3 is 17.9 Å². The zero-order valence-electron chi connectivity index (χ0n) is 42.0. The molecule has 0 heterocycles. The zero-order chi connectivity index (χ0) is 46.5. The first-order valence-corrected chi connectivity index (χ1v) is 26.9. The first-order chi connectivity index (χ1) is 31.5. The van der Waals surface area contributed by atoms with Crippen molar-refractivity contribution in [3.63, 3.8) is 0 Å². The number of hydrogen-bond acceptors (Lipinski definition) is 6. The largest absolute Gasteiger partial charge is 0.462 e. The Bertz CT molecular complexity index is 1210. The molecule has 0 rings (SSSR count). The van der Waals surface area contributed by atoms with Gasteiger partial charge in [-0.3, -0.25) is 14.4 Å². The van der Waals surface area contributed by atoms with Gasteiger partial charge in [0, 0.05) is 19.3 Å². The van der Waals surface area contributed by atoms with Gasteiger partial charge in [0.1, 0.15) is 13.2 Å². The van der Waals surface area contributed by atoms with E-state index >= 15 is 0 Å². The van der Waals surface area contributed by atoms with Gasteiger partial charge in [0.2, 0.25) is 0 Å². The maximum Gasteiger partial charge on any atom is 0.306 e. The summed E-state index contributed by atoms with van der Waals surface area (Å²) in [4.78, 5) is 38.0. The highest BCUT2D eigenvalue weighted by Crippen LogP contribution is 2.14. The Morgan fingerprint density at radius 1 is 0.328 bits per heavy atom. The minimum Gasteiger partial charge on any atom is -0.462 e. The van der Waals surface area contributed by atoms with Gasteiger partial charge in [0.15, 0.2) is 6.10 Å². The van der Waals surface area contributed by atoms with Crippen molar-refractivity contribution in [1.82, 2.24) is 0 Å². The van der Waals surface area contributed by atoms with Gasteiger partial charge in [-0.15, -0.1) is 0 Å². The van der Waals surface area contributed by atoms with Crippen LogP contribution in [0.15, 0.2) is 72.9 Å². The lowest BCUT2D eigenvalue weighted by Crippen LogP contribution is -2.30. The van der Waals surface area contributed by atoms with E-state index in [-0.39, 0.29) is 37.5 Å². The van der Waals surface area contributed by atoms with E-state index < -0.39 is 6.10 Å². The molecule has 0 bridgehead atoms. The topological polar surface area (TPSA) is 78.9 Å². The van der Waals surface area contributed by atoms with E-state index in [1.807, 2.05) is 0 Å². The zero-order valence-corrected chi connectivity index (χ0v) is 42.0. The van der Waals surface area contributed by atoms with Gasteiger partial charge in [0.05, 0.1) is 0 Å². The molecule has 0 saturated carbocycles. The summed E-state index contributed by atoms with van der Waals surface area (Å²) in [5, 5.41) is 0. The number of ether oxygens (including phenoxy) is 3. The molecule has 1 unspecified atom stereocenters. The molecular formula is C58H100O6. The molecule has 6 heteroatoms. The first kappa shape index (κ1) is 60.9. The molecule has 0 aliphatic heterocycles. The van der Waals surface area contributed by atoms with Crippen LogP contribution < -0.4 is 0 Å². The van der Waals surface area contributed by atoms with E-state index in [0.29, 0.717) is 19.3 Å². The Morgan fingerprint density at radius 2 is 0.609 bits per heavy atom. The Hall–Kier alpha value is -3.15. The second-order valence-electron chi connectivity index (χ2n) is 17.7. The monoisotopic (exact) mass is 893 g/mol. The molecule has 0 fully saturated rings. The molecule has 0 spiro atoms. The number of allylic oxidation sites excluding steroid dienone is 12. The highest BCUT2D eigenvalue weighted by atomic mass is 16.6. The molecular weight excluding hydrogens is 793 g/mol. The van der Waals surface area contributed by atoms with Gasteiger partial charge < -0.3 is 14.2 Å². The smallest absolute Gasteiger partial charge is 0.306 e. The average Bonchev–Trinajstić information content (AvgIpc) is 3.29. The standard InChI is InChI=1S/C58H100O6/c1-4-7-10-13-16-19-22-25-28-29-31-33-36-39-42-45-48-51-57(60)63-54-55(53-62-56(59)50-47-44-41-38-35-32-27-24-21-18-15-12-9-6-3)64-58(61)52-49-46-43-40-37-34-30-26-23-20-17-14-11-8-5-2/h8,11,17,20,24-28,30,37,40,55H,4-7,9-10,12-16,18-19,21-23,29,31-36,38-39,41-54H2,1-3H3/b11-8-,20-17-,27-24-,28-25-,30-26-,40-37-.